The van der Waals surface area contributed by atoms with Crippen molar-refractivity contribution in [2.24, 2.45) is 10.8 Å². The highest BCUT2D eigenvalue weighted by molar-refractivity contribution is 7.48. The van der Waals surface area contributed by atoms with Crippen LogP contribution in [-0.4, -0.2) is 53.0 Å². The first-order valence-corrected chi connectivity index (χ1v) is 12.3. The molecule has 2 rings (SSSR count). The lowest BCUT2D eigenvalue weighted by Gasteiger charge is -2.22. The predicted octanol–water partition coefficient (Wildman–Crippen LogP) is 2.15. The molecule has 1 aliphatic rings. The molecule has 0 amide bonds. The minimum atomic E-state index is -4.34. The van der Waals surface area contributed by atoms with Gasteiger partial charge in [-0.1, -0.05) is 0 Å². The van der Waals surface area contributed by atoms with Gasteiger partial charge in [0.1, 0.15) is 5.82 Å². The molecule has 2 N–H and O–H groups in total. The van der Waals surface area contributed by atoms with E-state index in [1.807, 2.05) is 0 Å². The topological polar surface area (TPSA) is 180 Å². The van der Waals surface area contributed by atoms with Crippen molar-refractivity contribution >= 4 is 25.6 Å². The van der Waals surface area contributed by atoms with Gasteiger partial charge in [-0.25, -0.2) is 18.4 Å². The van der Waals surface area contributed by atoms with Crippen LogP contribution in [0, 0.1) is 10.8 Å². The van der Waals surface area contributed by atoms with E-state index < -0.39 is 62.2 Å². The Morgan fingerprint density at radius 2 is 1.60 bits per heavy atom. The minimum Gasteiger partial charge on any atom is -0.437 e. The van der Waals surface area contributed by atoms with E-state index in [1.54, 1.807) is 41.5 Å². The molecule has 1 aliphatic heterocycles. The maximum absolute atomic E-state index is 13.1. The van der Waals surface area contributed by atoms with E-state index in [2.05, 4.69) is 10.1 Å². The molecule has 2 atom stereocenters. The molecular weight excluding hydrogens is 487 g/mol. The number of phosphoric acid groups is 1. The second-order valence-electron chi connectivity index (χ2n) is 9.80. The third kappa shape index (κ3) is 8.97. The second-order valence-corrected chi connectivity index (χ2v) is 11.5. The van der Waals surface area contributed by atoms with Crippen molar-refractivity contribution in [2.45, 2.75) is 66.7 Å². The summed E-state index contributed by atoms with van der Waals surface area (Å²) in [5.74, 6) is -1.21. The number of ether oxygens (including phenoxy) is 3. The molecule has 0 bridgehead atoms. The summed E-state index contributed by atoms with van der Waals surface area (Å²) in [6.07, 6.45) is 0.751. The molecule has 35 heavy (non-hydrogen) atoms. The highest BCUT2D eigenvalue weighted by Gasteiger charge is 2.35. The van der Waals surface area contributed by atoms with Crippen molar-refractivity contribution in [3.8, 4) is 0 Å². The lowest BCUT2D eigenvalue weighted by molar-refractivity contribution is -0.163. The van der Waals surface area contributed by atoms with Gasteiger partial charge in [-0.05, 0) is 54.4 Å². The molecule has 1 fully saturated rings. The number of aromatic nitrogens is 3. The molecule has 198 valence electrons. The number of carbonyl (C=O) groups excluding carboxylic acids is 2. The van der Waals surface area contributed by atoms with E-state index in [0.29, 0.717) is 12.8 Å². The largest absolute Gasteiger partial charge is 0.480 e. The van der Waals surface area contributed by atoms with Crippen LogP contribution in [0.1, 0.15) is 60.6 Å². The number of phosphoric ester groups is 1. The average molecular weight is 520 g/mol. The monoisotopic (exact) mass is 520 g/mol. The number of carbonyl (C=O) groups is 2. The first-order valence-electron chi connectivity index (χ1n) is 10.9. The van der Waals surface area contributed by atoms with Crippen LogP contribution in [0.5, 0.6) is 0 Å². The summed E-state index contributed by atoms with van der Waals surface area (Å²) in [6, 6.07) is 0. The molecule has 0 spiro atoms. The number of anilines is 1. The van der Waals surface area contributed by atoms with E-state index in [-0.39, 0.29) is 12.4 Å². The van der Waals surface area contributed by atoms with E-state index in [4.69, 9.17) is 33.5 Å². The zero-order valence-corrected chi connectivity index (χ0v) is 21.6. The summed E-state index contributed by atoms with van der Waals surface area (Å²) < 4.78 is 45.3. The molecule has 14 nitrogen and oxygen atoms in total. The molecule has 15 heteroatoms. The molecule has 1 saturated heterocycles. The van der Waals surface area contributed by atoms with Crippen LogP contribution in [0.4, 0.5) is 5.82 Å². The van der Waals surface area contributed by atoms with Crippen LogP contribution in [0.3, 0.4) is 0 Å². The Balaban J connectivity index is 1.97. The van der Waals surface area contributed by atoms with Crippen molar-refractivity contribution in [2.75, 3.05) is 25.9 Å². The number of esters is 2. The van der Waals surface area contributed by atoms with Gasteiger partial charge in [0.2, 0.25) is 13.6 Å². The predicted molar refractivity (Wildman–Crippen MR) is 120 cm³/mol. The van der Waals surface area contributed by atoms with Gasteiger partial charge in [-0.15, -0.1) is 0 Å². The number of hydrogen-bond donors (Lipinski definition) is 1. The van der Waals surface area contributed by atoms with Gasteiger partial charge in [-0.2, -0.15) is 14.8 Å². The van der Waals surface area contributed by atoms with E-state index >= 15 is 0 Å². The summed E-state index contributed by atoms with van der Waals surface area (Å²) in [4.78, 5) is 39.5. The molecule has 0 aromatic carbocycles. The lowest BCUT2D eigenvalue weighted by Crippen LogP contribution is -2.30. The normalized spacial score (nSPS) is 18.9. The second kappa shape index (κ2) is 11.6. The molecule has 1 aromatic rings. The van der Waals surface area contributed by atoms with Crippen LogP contribution in [-0.2, 0) is 41.9 Å². The average Bonchev–Trinajstić information content (AvgIpc) is 3.19. The summed E-state index contributed by atoms with van der Waals surface area (Å²) >= 11 is 0. The van der Waals surface area contributed by atoms with Crippen LogP contribution >= 0.6 is 7.82 Å². The Morgan fingerprint density at radius 3 is 2.09 bits per heavy atom. The van der Waals surface area contributed by atoms with Gasteiger partial charge in [0.25, 0.3) is 0 Å². The number of nitrogens with zero attached hydrogens (tertiary/aromatic N) is 3. The summed E-state index contributed by atoms with van der Waals surface area (Å²) in [5.41, 5.74) is 3.15. The molecule has 1 aromatic heterocycles. The Morgan fingerprint density at radius 1 is 1.06 bits per heavy atom. The number of nitrogen functional groups attached to an aromatic ring is 1. The SMILES string of the molecule is CC(C)(C)C(=O)OCOP(=O)(OCOC(=O)C(C)(C)C)OCC1CCC(n2ncc(N)nc2=O)O1. The lowest BCUT2D eigenvalue weighted by atomic mass is 9.98. The van der Waals surface area contributed by atoms with Crippen molar-refractivity contribution in [1.82, 2.24) is 14.8 Å². The standard InChI is InChI=1S/C20H33N4O10P/c1-19(2,3)16(25)29-11-32-35(28,33-12-30-17(26)20(4,5)6)31-10-13-7-8-15(34-13)24-18(27)23-14(21)9-22-24/h9,13,15H,7-8,10-12H2,1-6H3,(H2,21,23,27). The Labute approximate surface area is 203 Å². The van der Waals surface area contributed by atoms with Gasteiger partial charge in [-0.3, -0.25) is 14.1 Å². The fourth-order valence-corrected chi connectivity index (χ4v) is 3.49. The maximum atomic E-state index is 13.1. The van der Waals surface area contributed by atoms with Crippen molar-refractivity contribution in [1.29, 1.82) is 0 Å². The Bertz CT molecular complexity index is 965. The summed E-state index contributed by atoms with van der Waals surface area (Å²) in [5, 5.41) is 3.91. The third-order valence-electron chi connectivity index (χ3n) is 4.54. The summed E-state index contributed by atoms with van der Waals surface area (Å²) in [6.45, 7) is 8.13. The van der Waals surface area contributed by atoms with Crippen LogP contribution in [0.15, 0.2) is 11.0 Å². The maximum Gasteiger partial charge on any atom is 0.480 e. The van der Waals surface area contributed by atoms with Gasteiger partial charge in [0.15, 0.2) is 6.23 Å². The van der Waals surface area contributed by atoms with E-state index in [0.717, 1.165) is 4.68 Å². The summed E-state index contributed by atoms with van der Waals surface area (Å²) in [7, 11) is -4.34. The Kier molecular flexibility index (Phi) is 9.54. The van der Waals surface area contributed by atoms with Crippen LogP contribution in [0.25, 0.3) is 0 Å². The fourth-order valence-electron chi connectivity index (χ4n) is 2.56. The molecule has 0 saturated carbocycles. The Hall–Kier alpha value is -2.38. The van der Waals surface area contributed by atoms with E-state index in [1.165, 1.54) is 6.20 Å². The molecule has 0 radical (unpaired) electrons. The van der Waals surface area contributed by atoms with Gasteiger partial charge < -0.3 is 19.9 Å². The number of nitrogens with two attached hydrogens (primary N) is 1. The van der Waals surface area contributed by atoms with Crippen molar-refractivity contribution in [3.05, 3.63) is 16.7 Å². The van der Waals surface area contributed by atoms with Crippen LogP contribution < -0.4 is 11.4 Å². The van der Waals surface area contributed by atoms with E-state index in [9.17, 15) is 18.9 Å². The van der Waals surface area contributed by atoms with Crippen LogP contribution in [0.2, 0.25) is 0 Å². The molecule has 2 heterocycles. The molecule has 0 aliphatic carbocycles. The molecule has 2 unspecified atom stereocenters. The van der Waals surface area contributed by atoms with Gasteiger partial charge in [0.05, 0.1) is 29.7 Å². The first kappa shape index (κ1) is 28.9. The highest BCUT2D eigenvalue weighted by Crippen LogP contribution is 2.50. The quantitative estimate of drug-likeness (QED) is 0.269. The minimum absolute atomic E-state index is 0.0151. The molecular formula is C20H33N4O10P. The van der Waals surface area contributed by atoms with Crippen molar-refractivity contribution in [3.63, 3.8) is 0 Å². The first-order chi connectivity index (χ1) is 16.1. The number of hydrogen-bond acceptors (Lipinski definition) is 13. The third-order valence-corrected chi connectivity index (χ3v) is 5.85. The fraction of sp³-hybridized carbons (Fsp3) is 0.750. The van der Waals surface area contributed by atoms with Gasteiger partial charge in [0, 0.05) is 0 Å². The number of rotatable bonds is 10. The van der Waals surface area contributed by atoms with Gasteiger partial charge >= 0.3 is 25.5 Å². The van der Waals surface area contributed by atoms with Crippen molar-refractivity contribution < 1.29 is 41.9 Å². The highest BCUT2D eigenvalue weighted by atomic mass is 31.2. The smallest absolute Gasteiger partial charge is 0.437 e. The zero-order chi connectivity index (χ0) is 26.4. The zero-order valence-electron chi connectivity index (χ0n) is 20.7.